The van der Waals surface area contributed by atoms with Gasteiger partial charge in [0.25, 0.3) is 0 Å². The van der Waals surface area contributed by atoms with Gasteiger partial charge in [0.2, 0.25) is 5.91 Å². The molecule has 2 atom stereocenters. The summed E-state index contributed by atoms with van der Waals surface area (Å²) >= 11 is 7.21. The zero-order chi connectivity index (χ0) is 22.0. The van der Waals surface area contributed by atoms with E-state index in [4.69, 9.17) is 11.6 Å². The summed E-state index contributed by atoms with van der Waals surface area (Å²) in [6, 6.07) is 13.9. The summed E-state index contributed by atoms with van der Waals surface area (Å²) in [5, 5.41) is 2.81. The zero-order valence-corrected chi connectivity index (χ0v) is 18.8. The number of amides is 1. The van der Waals surface area contributed by atoms with Crippen LogP contribution < -0.4 is 10.0 Å². The van der Waals surface area contributed by atoms with Crippen molar-refractivity contribution in [2.24, 2.45) is 7.05 Å². The predicted octanol–water partition coefficient (Wildman–Crippen LogP) is 4.34. The van der Waals surface area contributed by atoms with Crippen LogP contribution in [0.4, 0.5) is 10.1 Å². The number of halogens is 2. The molecule has 9 heteroatoms. The van der Waals surface area contributed by atoms with Gasteiger partial charge in [-0.1, -0.05) is 41.9 Å². The maximum atomic E-state index is 13.4. The molecule has 1 aromatic heterocycles. The van der Waals surface area contributed by atoms with Crippen LogP contribution in [-0.4, -0.2) is 32.9 Å². The number of hydrogen-bond donors (Lipinski definition) is 2. The predicted molar refractivity (Wildman–Crippen MR) is 122 cm³/mol. The average Bonchev–Trinajstić information content (AvgIpc) is 3.12. The van der Waals surface area contributed by atoms with Gasteiger partial charge < -0.3 is 9.88 Å². The molecular formula is C22H23ClFN5OS. The van der Waals surface area contributed by atoms with Crippen LogP contribution in [0.1, 0.15) is 29.5 Å². The monoisotopic (exact) mass is 459 g/mol. The van der Waals surface area contributed by atoms with Gasteiger partial charge in [-0.25, -0.2) is 18.4 Å². The van der Waals surface area contributed by atoms with E-state index < -0.39 is 11.9 Å². The molecular weight excluding hydrogens is 437 g/mol. The van der Waals surface area contributed by atoms with Crippen molar-refractivity contribution in [1.29, 1.82) is 0 Å². The average molecular weight is 460 g/mol. The first-order chi connectivity index (χ1) is 14.9. The Labute approximate surface area is 190 Å². The van der Waals surface area contributed by atoms with E-state index in [1.54, 1.807) is 0 Å². The summed E-state index contributed by atoms with van der Waals surface area (Å²) in [5.74, 6) is 0.187. The first kappa shape index (κ1) is 21.8. The molecule has 1 aliphatic rings. The van der Waals surface area contributed by atoms with E-state index in [-0.39, 0.29) is 17.0 Å². The molecule has 2 aromatic carbocycles. The maximum Gasteiger partial charge on any atom is 0.242 e. The molecule has 1 saturated heterocycles. The molecule has 31 heavy (non-hydrogen) atoms. The Balaban J connectivity index is 1.47. The molecule has 4 rings (SSSR count). The number of nitrogens with one attached hydrogen (secondary N) is 2. The van der Waals surface area contributed by atoms with Gasteiger partial charge >= 0.3 is 0 Å². The fourth-order valence-corrected chi connectivity index (χ4v) is 4.60. The third-order valence-electron chi connectivity index (χ3n) is 5.39. The van der Waals surface area contributed by atoms with Crippen molar-refractivity contribution < 1.29 is 9.18 Å². The number of aromatic nitrogens is 2. The van der Waals surface area contributed by atoms with Gasteiger partial charge in [-0.15, -0.1) is 0 Å². The minimum atomic E-state index is -0.518. The van der Waals surface area contributed by atoms with Crippen LogP contribution in [0.5, 0.6) is 0 Å². The van der Waals surface area contributed by atoms with Crippen LogP contribution in [0.15, 0.2) is 54.7 Å². The van der Waals surface area contributed by atoms with Crippen LogP contribution in [0, 0.1) is 5.82 Å². The zero-order valence-electron chi connectivity index (χ0n) is 17.2. The molecule has 0 saturated carbocycles. The van der Waals surface area contributed by atoms with Gasteiger partial charge in [-0.2, -0.15) is 0 Å². The topological polar surface area (TPSA) is 62.2 Å². The van der Waals surface area contributed by atoms with Crippen molar-refractivity contribution in [3.05, 3.63) is 82.6 Å². The normalized spacial score (nSPS) is 19.4. The third-order valence-corrected chi connectivity index (χ3v) is 6.61. The number of nitrogens with zero attached hydrogens (tertiary/aromatic N) is 3. The quantitative estimate of drug-likeness (QED) is 0.556. The summed E-state index contributed by atoms with van der Waals surface area (Å²) in [6.07, 6.45) is 3.22. The summed E-state index contributed by atoms with van der Waals surface area (Å²) in [5.41, 5.74) is 2.79. The number of benzene rings is 2. The van der Waals surface area contributed by atoms with Crippen molar-refractivity contribution in [1.82, 2.24) is 18.6 Å². The smallest absolute Gasteiger partial charge is 0.242 e. The van der Waals surface area contributed by atoms with Gasteiger partial charge in [0, 0.05) is 43.2 Å². The van der Waals surface area contributed by atoms with Gasteiger partial charge in [-0.3, -0.25) is 4.79 Å². The van der Waals surface area contributed by atoms with E-state index in [1.165, 1.54) is 35.9 Å². The Morgan fingerprint density at radius 1 is 1.29 bits per heavy atom. The lowest BCUT2D eigenvalue weighted by Crippen LogP contribution is -2.46. The lowest BCUT2D eigenvalue weighted by Gasteiger charge is -2.35. The number of anilines is 1. The molecule has 0 aliphatic carbocycles. The second-order valence-corrected chi connectivity index (χ2v) is 8.91. The highest BCUT2D eigenvalue weighted by Crippen LogP contribution is 2.31. The second kappa shape index (κ2) is 9.40. The Hall–Kier alpha value is -2.39. The van der Waals surface area contributed by atoms with Crippen LogP contribution >= 0.6 is 23.7 Å². The molecule has 0 spiro atoms. The van der Waals surface area contributed by atoms with Gasteiger partial charge in [0.05, 0.1) is 11.1 Å². The van der Waals surface area contributed by atoms with Gasteiger partial charge in [0.15, 0.2) is 0 Å². The highest BCUT2D eigenvalue weighted by atomic mass is 35.5. The molecule has 0 radical (unpaired) electrons. The first-order valence-corrected chi connectivity index (χ1v) is 11.0. The van der Waals surface area contributed by atoms with E-state index in [0.717, 1.165) is 17.9 Å². The highest BCUT2D eigenvalue weighted by Gasteiger charge is 2.34. The minimum absolute atomic E-state index is 0.0253. The van der Waals surface area contributed by atoms with Crippen LogP contribution in [0.3, 0.4) is 0 Å². The third kappa shape index (κ3) is 4.93. The lowest BCUT2D eigenvalue weighted by molar-refractivity contribution is -0.119. The Morgan fingerprint density at radius 2 is 2.06 bits per heavy atom. The van der Waals surface area contributed by atoms with E-state index in [0.29, 0.717) is 12.1 Å². The fraction of sp³-hybridized carbons (Fsp3) is 0.273. The van der Waals surface area contributed by atoms with Crippen LogP contribution in [-0.2, 0) is 18.3 Å². The Bertz CT molecular complexity index is 1080. The molecule has 2 heterocycles. The molecule has 3 aromatic rings. The van der Waals surface area contributed by atoms with Gasteiger partial charge in [-0.05, 0) is 37.2 Å². The summed E-state index contributed by atoms with van der Waals surface area (Å²) in [4.78, 5) is 17.6. The minimum Gasteiger partial charge on any atom is -0.333 e. The van der Waals surface area contributed by atoms with Crippen molar-refractivity contribution in [2.45, 2.75) is 24.9 Å². The molecule has 2 unspecified atom stereocenters. The van der Waals surface area contributed by atoms with E-state index in [1.807, 2.05) is 42.8 Å². The van der Waals surface area contributed by atoms with Crippen molar-refractivity contribution in [3.63, 3.8) is 0 Å². The number of rotatable bonds is 5. The van der Waals surface area contributed by atoms with Crippen LogP contribution in [0.25, 0.3) is 0 Å². The number of likely N-dealkylation sites (N-methyl/N-ethyl adjacent to an activating group) is 1. The van der Waals surface area contributed by atoms with E-state index in [9.17, 15) is 9.18 Å². The van der Waals surface area contributed by atoms with E-state index >= 15 is 0 Å². The molecule has 162 valence electrons. The number of imidazole rings is 1. The largest absolute Gasteiger partial charge is 0.333 e. The maximum absolute atomic E-state index is 13.4. The SMILES string of the molecule is CN1SNC(c2ncc(Cc3ccccc3)n2C)CC1C(=O)Nc1ccc(F)c(Cl)c1. The molecule has 2 N–H and O–H groups in total. The summed E-state index contributed by atoms with van der Waals surface area (Å²) in [7, 11) is 3.86. The summed E-state index contributed by atoms with van der Waals surface area (Å²) < 4.78 is 20.7. The molecule has 1 amide bonds. The van der Waals surface area contributed by atoms with Crippen LogP contribution in [0.2, 0.25) is 5.02 Å². The Kier molecular flexibility index (Phi) is 6.62. The fourth-order valence-electron chi connectivity index (χ4n) is 3.61. The lowest BCUT2D eigenvalue weighted by atomic mass is 10.1. The van der Waals surface area contributed by atoms with E-state index in [2.05, 4.69) is 31.7 Å². The molecule has 1 aliphatic heterocycles. The van der Waals surface area contributed by atoms with Crippen molar-refractivity contribution >= 4 is 35.3 Å². The van der Waals surface area contributed by atoms with Gasteiger partial charge in [0.1, 0.15) is 17.7 Å². The number of hydrogen-bond acceptors (Lipinski definition) is 5. The Morgan fingerprint density at radius 3 is 2.81 bits per heavy atom. The number of carbonyl (C=O) groups is 1. The molecule has 0 bridgehead atoms. The van der Waals surface area contributed by atoms with Crippen molar-refractivity contribution in [3.8, 4) is 0 Å². The highest BCUT2D eigenvalue weighted by molar-refractivity contribution is 7.95. The molecule has 1 fully saturated rings. The van der Waals surface area contributed by atoms with Crippen molar-refractivity contribution in [2.75, 3.05) is 12.4 Å². The second-order valence-electron chi connectivity index (χ2n) is 7.51. The molecule has 6 nitrogen and oxygen atoms in total. The summed E-state index contributed by atoms with van der Waals surface area (Å²) in [6.45, 7) is 0. The number of carbonyl (C=O) groups excluding carboxylic acids is 1. The standard InChI is InChI=1S/C22H23ClFN5OS/c1-28-16(10-14-6-4-3-5-7-14)13-25-21(28)19-12-20(29(2)31-27-19)22(30)26-15-8-9-18(24)17(23)11-15/h3-9,11,13,19-20,27H,10,12H2,1-2H3,(H,26,30). The first-order valence-electron chi connectivity index (χ1n) is 9.88.